The van der Waals surface area contributed by atoms with Gasteiger partial charge in [0.1, 0.15) is 5.60 Å². The number of amides is 3. The van der Waals surface area contributed by atoms with Gasteiger partial charge in [-0.2, -0.15) is 18.3 Å². The molecule has 0 saturated carbocycles. The lowest BCUT2D eigenvalue weighted by Crippen LogP contribution is -2.51. The molecule has 4 heterocycles. The molecule has 0 radical (unpaired) electrons. The molecule has 16 heteroatoms. The van der Waals surface area contributed by atoms with E-state index >= 15 is 0 Å². The highest BCUT2D eigenvalue weighted by atomic mass is 35.5. The lowest BCUT2D eigenvalue weighted by Gasteiger charge is -2.35. The third-order valence-electron chi connectivity index (χ3n) is 7.24. The molecule has 0 unspecified atom stereocenters. The summed E-state index contributed by atoms with van der Waals surface area (Å²) in [4.78, 5) is 49.8. The largest absolute Gasteiger partial charge is 0.444 e. The maximum Gasteiger partial charge on any atom is 0.435 e. The third kappa shape index (κ3) is 7.73. The van der Waals surface area contributed by atoms with Gasteiger partial charge >= 0.3 is 12.3 Å². The Balaban J connectivity index is 1.27. The van der Waals surface area contributed by atoms with Crippen molar-refractivity contribution in [3.05, 3.63) is 82.8 Å². The van der Waals surface area contributed by atoms with Crippen LogP contribution in [0.2, 0.25) is 5.02 Å². The number of halogens is 4. The van der Waals surface area contributed by atoms with Gasteiger partial charge in [0, 0.05) is 57.5 Å². The number of hydrogen-bond acceptors (Lipinski definition) is 7. The summed E-state index contributed by atoms with van der Waals surface area (Å²) in [5, 5.41) is 6.47. The van der Waals surface area contributed by atoms with E-state index in [1.807, 2.05) is 0 Å². The summed E-state index contributed by atoms with van der Waals surface area (Å²) in [5.41, 5.74) is -0.843. The quantitative estimate of drug-likeness (QED) is 0.293. The number of rotatable bonds is 6. The minimum absolute atomic E-state index is 0.0330. The zero-order valence-electron chi connectivity index (χ0n) is 26.0. The Bertz CT molecular complexity index is 1790. The number of nitrogens with zero attached hydrogens (tertiary/aromatic N) is 7. The Hall–Kier alpha value is -4.92. The molecule has 5 rings (SSSR count). The maximum atomic E-state index is 14.0. The number of benzene rings is 1. The van der Waals surface area contributed by atoms with E-state index in [1.165, 1.54) is 53.3 Å². The standard InChI is InChI=1S/C31H32ClF3N8O4/c1-30(2,3)47-29(46)42-12-10-41(11-13-42)28(45)21-8-7-20(14-23(21)32)38-27(44)26-37-16-24(40(26)4)22-18-43(39-25(22)31(33,34)35)17-19-6-5-9-36-15-19/h5-9,14-16,18H,10-13,17H2,1-4H3,(H,38,44). The molecule has 3 amide bonds. The third-order valence-corrected chi connectivity index (χ3v) is 7.55. The summed E-state index contributed by atoms with van der Waals surface area (Å²) in [5.74, 6) is -1.20. The average Bonchev–Trinajstić information content (AvgIpc) is 3.60. The normalized spacial score (nSPS) is 13.9. The molecule has 0 atom stereocenters. The van der Waals surface area contributed by atoms with Crippen LogP contribution >= 0.6 is 11.6 Å². The Labute approximate surface area is 273 Å². The molecule has 3 aromatic heterocycles. The molecule has 4 aromatic rings. The van der Waals surface area contributed by atoms with Crippen molar-refractivity contribution < 1.29 is 32.3 Å². The van der Waals surface area contributed by atoms with Crippen molar-refractivity contribution in [1.29, 1.82) is 0 Å². The molecule has 1 aromatic carbocycles. The minimum atomic E-state index is -4.76. The molecule has 248 valence electrons. The van der Waals surface area contributed by atoms with E-state index in [2.05, 4.69) is 20.4 Å². The minimum Gasteiger partial charge on any atom is -0.444 e. The highest BCUT2D eigenvalue weighted by molar-refractivity contribution is 6.34. The second kappa shape index (κ2) is 13.1. The van der Waals surface area contributed by atoms with Crippen LogP contribution in [0.15, 0.2) is 55.1 Å². The van der Waals surface area contributed by atoms with E-state index < -0.39 is 29.5 Å². The van der Waals surface area contributed by atoms with Crippen LogP contribution in [0.3, 0.4) is 0 Å². The fraction of sp³-hybridized carbons (Fsp3) is 0.355. The van der Waals surface area contributed by atoms with Gasteiger partial charge in [0.05, 0.1) is 34.6 Å². The number of hydrogen-bond donors (Lipinski definition) is 1. The zero-order valence-corrected chi connectivity index (χ0v) is 26.8. The van der Waals surface area contributed by atoms with Crippen LogP contribution in [0.5, 0.6) is 0 Å². The van der Waals surface area contributed by atoms with Crippen molar-refractivity contribution in [3.8, 4) is 11.3 Å². The van der Waals surface area contributed by atoms with Crippen LogP contribution < -0.4 is 5.32 Å². The molecular weight excluding hydrogens is 641 g/mol. The summed E-state index contributed by atoms with van der Waals surface area (Å²) in [7, 11) is 1.42. The van der Waals surface area contributed by atoms with E-state index in [9.17, 15) is 27.6 Å². The second-order valence-corrected chi connectivity index (χ2v) is 12.3. The van der Waals surface area contributed by atoms with Crippen molar-refractivity contribution >= 4 is 35.2 Å². The fourth-order valence-corrected chi connectivity index (χ4v) is 5.25. The van der Waals surface area contributed by atoms with Gasteiger partial charge in [0.25, 0.3) is 11.8 Å². The number of ether oxygens (including phenoxy) is 1. The molecule has 1 saturated heterocycles. The first-order chi connectivity index (χ1) is 22.1. The van der Waals surface area contributed by atoms with Crippen LogP contribution in [0, 0.1) is 0 Å². The SMILES string of the molecule is Cn1c(-c2cn(Cc3cccnc3)nc2C(F)(F)F)cnc1C(=O)Nc1ccc(C(=O)N2CCN(C(=O)OC(C)(C)C)CC2)c(Cl)c1. The van der Waals surface area contributed by atoms with Gasteiger partial charge in [-0.1, -0.05) is 17.7 Å². The molecule has 1 N–H and O–H groups in total. The van der Waals surface area contributed by atoms with Gasteiger partial charge in [-0.25, -0.2) is 9.78 Å². The lowest BCUT2D eigenvalue weighted by atomic mass is 10.1. The van der Waals surface area contributed by atoms with E-state index in [0.29, 0.717) is 18.7 Å². The number of anilines is 1. The number of pyridine rings is 1. The van der Waals surface area contributed by atoms with Crippen molar-refractivity contribution in [3.63, 3.8) is 0 Å². The Morgan fingerprint density at radius 1 is 1.02 bits per heavy atom. The highest BCUT2D eigenvalue weighted by Crippen LogP contribution is 2.36. The average molecular weight is 673 g/mol. The first kappa shape index (κ1) is 33.4. The molecule has 0 spiro atoms. The van der Waals surface area contributed by atoms with E-state index in [-0.39, 0.29) is 58.9 Å². The van der Waals surface area contributed by atoms with Crippen LogP contribution in [-0.4, -0.2) is 83.8 Å². The molecule has 1 aliphatic heterocycles. The lowest BCUT2D eigenvalue weighted by molar-refractivity contribution is -0.141. The molecule has 1 fully saturated rings. The van der Waals surface area contributed by atoms with Gasteiger partial charge in [-0.3, -0.25) is 19.3 Å². The van der Waals surface area contributed by atoms with Crippen molar-refractivity contribution in [2.24, 2.45) is 7.05 Å². The fourth-order valence-electron chi connectivity index (χ4n) is 4.99. The van der Waals surface area contributed by atoms with Gasteiger partial charge in [0.2, 0.25) is 0 Å². The van der Waals surface area contributed by atoms with Gasteiger partial charge in [-0.05, 0) is 50.6 Å². The number of imidazole rings is 1. The van der Waals surface area contributed by atoms with Gasteiger partial charge in [0.15, 0.2) is 11.5 Å². The number of carbonyl (C=O) groups excluding carboxylic acids is 3. The smallest absolute Gasteiger partial charge is 0.435 e. The first-order valence-electron chi connectivity index (χ1n) is 14.5. The number of nitrogens with one attached hydrogen (secondary N) is 1. The molecule has 47 heavy (non-hydrogen) atoms. The van der Waals surface area contributed by atoms with Crippen LogP contribution in [-0.2, 0) is 24.5 Å². The monoisotopic (exact) mass is 672 g/mol. The summed E-state index contributed by atoms with van der Waals surface area (Å²) in [6.45, 7) is 6.57. The van der Waals surface area contributed by atoms with Gasteiger partial charge < -0.3 is 24.4 Å². The van der Waals surface area contributed by atoms with E-state index in [4.69, 9.17) is 16.3 Å². The van der Waals surface area contributed by atoms with Gasteiger partial charge in [-0.15, -0.1) is 0 Å². The molecule has 1 aliphatic rings. The second-order valence-electron chi connectivity index (χ2n) is 11.9. The van der Waals surface area contributed by atoms with Crippen molar-refractivity contribution in [2.45, 2.75) is 39.1 Å². The predicted molar refractivity (Wildman–Crippen MR) is 166 cm³/mol. The van der Waals surface area contributed by atoms with E-state index in [0.717, 1.165) is 4.68 Å². The zero-order chi connectivity index (χ0) is 34.1. The Morgan fingerprint density at radius 2 is 1.72 bits per heavy atom. The molecule has 0 bridgehead atoms. The predicted octanol–water partition coefficient (Wildman–Crippen LogP) is 5.34. The highest BCUT2D eigenvalue weighted by Gasteiger charge is 2.39. The number of piperazine rings is 1. The first-order valence-corrected chi connectivity index (χ1v) is 14.9. The maximum absolute atomic E-state index is 14.0. The van der Waals surface area contributed by atoms with E-state index in [1.54, 1.807) is 44.0 Å². The summed E-state index contributed by atoms with van der Waals surface area (Å²) < 4.78 is 49.7. The van der Waals surface area contributed by atoms with Crippen LogP contribution in [0.4, 0.5) is 23.7 Å². The topological polar surface area (TPSA) is 127 Å². The summed E-state index contributed by atoms with van der Waals surface area (Å²) in [6, 6.07) is 7.75. The number of alkyl halides is 3. The summed E-state index contributed by atoms with van der Waals surface area (Å²) in [6.07, 6.45) is 0.310. The van der Waals surface area contributed by atoms with Crippen LogP contribution in [0.1, 0.15) is 53.0 Å². The number of carbonyl (C=O) groups is 3. The van der Waals surface area contributed by atoms with Crippen LogP contribution in [0.25, 0.3) is 11.3 Å². The number of aromatic nitrogens is 5. The molecule has 12 nitrogen and oxygen atoms in total. The summed E-state index contributed by atoms with van der Waals surface area (Å²) >= 11 is 6.44. The van der Waals surface area contributed by atoms with Crippen molar-refractivity contribution in [2.75, 3.05) is 31.5 Å². The molecular formula is C31H32ClF3N8O4. The van der Waals surface area contributed by atoms with Crippen molar-refractivity contribution in [1.82, 2.24) is 34.1 Å². The Morgan fingerprint density at radius 3 is 2.34 bits per heavy atom. The Kier molecular flexibility index (Phi) is 9.29. The molecule has 0 aliphatic carbocycles.